The number of nitrogens with one attached hydrogen (secondary N) is 1. The fourth-order valence-corrected chi connectivity index (χ4v) is 2.25. The number of ether oxygens (including phenoxy) is 1. The van der Waals surface area contributed by atoms with Gasteiger partial charge in [0, 0.05) is 19.7 Å². The largest absolute Gasteiger partial charge is 0.383 e. The molecule has 1 aromatic heterocycles. The zero-order chi connectivity index (χ0) is 14.4. The van der Waals surface area contributed by atoms with E-state index in [9.17, 15) is 4.79 Å². The average molecular weight is 275 g/mol. The fourth-order valence-electron chi connectivity index (χ4n) is 2.25. The molecule has 20 heavy (non-hydrogen) atoms. The van der Waals surface area contributed by atoms with E-state index >= 15 is 0 Å². The molecule has 1 heterocycles. The molecule has 0 aliphatic heterocycles. The lowest BCUT2D eigenvalue weighted by Crippen LogP contribution is -2.40. The van der Waals surface area contributed by atoms with Crippen molar-refractivity contribution in [1.29, 1.82) is 0 Å². The Balaban J connectivity index is 2.30. The Kier molecular flexibility index (Phi) is 5.26. The molecule has 5 heteroatoms. The second-order valence-corrected chi connectivity index (χ2v) is 4.80. The van der Waals surface area contributed by atoms with Gasteiger partial charge in [-0.1, -0.05) is 19.1 Å². The third kappa shape index (κ3) is 3.43. The minimum absolute atomic E-state index is 0.0805. The van der Waals surface area contributed by atoms with Gasteiger partial charge in [-0.25, -0.2) is 4.98 Å². The third-order valence-electron chi connectivity index (χ3n) is 3.21. The van der Waals surface area contributed by atoms with Crippen LogP contribution >= 0.6 is 0 Å². The van der Waals surface area contributed by atoms with Gasteiger partial charge in [0.25, 0.3) is 5.56 Å². The lowest BCUT2D eigenvalue weighted by atomic mass is 10.2. The van der Waals surface area contributed by atoms with Crippen LogP contribution in [-0.4, -0.2) is 35.9 Å². The molecule has 108 valence electrons. The van der Waals surface area contributed by atoms with Crippen LogP contribution in [0.25, 0.3) is 11.0 Å². The van der Waals surface area contributed by atoms with Crippen LogP contribution in [0.5, 0.6) is 0 Å². The number of hydrogen-bond donors (Lipinski definition) is 1. The van der Waals surface area contributed by atoms with E-state index in [4.69, 9.17) is 4.74 Å². The molecule has 0 amide bonds. The minimum atomic E-state index is -0.0805. The average Bonchev–Trinajstić information content (AvgIpc) is 2.47. The van der Waals surface area contributed by atoms with Gasteiger partial charge in [-0.15, -0.1) is 0 Å². The Morgan fingerprint density at radius 3 is 2.95 bits per heavy atom. The van der Waals surface area contributed by atoms with Crippen molar-refractivity contribution in [2.24, 2.45) is 0 Å². The molecule has 2 rings (SSSR count). The van der Waals surface area contributed by atoms with Gasteiger partial charge >= 0.3 is 0 Å². The molecule has 0 fully saturated rings. The number of hydrogen-bond acceptors (Lipinski definition) is 4. The number of nitrogens with zero attached hydrogens (tertiary/aromatic N) is 2. The van der Waals surface area contributed by atoms with Crippen LogP contribution in [0.2, 0.25) is 0 Å². The van der Waals surface area contributed by atoms with E-state index in [1.165, 1.54) is 6.20 Å². The minimum Gasteiger partial charge on any atom is -0.383 e. The lowest BCUT2D eigenvalue weighted by molar-refractivity contribution is 0.159. The van der Waals surface area contributed by atoms with E-state index in [1.54, 1.807) is 11.7 Å². The van der Waals surface area contributed by atoms with E-state index < -0.39 is 0 Å². The normalized spacial score (nSPS) is 12.7. The van der Waals surface area contributed by atoms with Crippen molar-refractivity contribution in [3.05, 3.63) is 40.8 Å². The van der Waals surface area contributed by atoms with Gasteiger partial charge in [0.1, 0.15) is 0 Å². The van der Waals surface area contributed by atoms with Gasteiger partial charge in [-0.3, -0.25) is 4.79 Å². The van der Waals surface area contributed by atoms with Gasteiger partial charge in [-0.2, -0.15) is 0 Å². The number of para-hydroxylation sites is 2. The number of aromatic nitrogens is 2. The predicted octanol–water partition coefficient (Wildman–Crippen LogP) is 1.41. The highest BCUT2D eigenvalue weighted by Gasteiger charge is 2.11. The highest BCUT2D eigenvalue weighted by molar-refractivity contribution is 5.74. The van der Waals surface area contributed by atoms with Gasteiger partial charge < -0.3 is 14.6 Å². The fraction of sp³-hybridized carbons (Fsp3) is 0.467. The zero-order valence-corrected chi connectivity index (χ0v) is 12.0. The van der Waals surface area contributed by atoms with Crippen molar-refractivity contribution < 1.29 is 4.74 Å². The van der Waals surface area contributed by atoms with Crippen LogP contribution in [0, 0.1) is 0 Å². The Hall–Kier alpha value is -1.72. The van der Waals surface area contributed by atoms with Crippen molar-refractivity contribution in [1.82, 2.24) is 14.9 Å². The molecule has 0 radical (unpaired) electrons. The molecular weight excluding hydrogens is 254 g/mol. The summed E-state index contributed by atoms with van der Waals surface area (Å²) in [4.78, 5) is 16.3. The van der Waals surface area contributed by atoms with Crippen LogP contribution in [0.3, 0.4) is 0 Å². The second-order valence-electron chi connectivity index (χ2n) is 4.80. The maximum atomic E-state index is 12.1. The number of benzene rings is 1. The molecule has 0 spiro atoms. The van der Waals surface area contributed by atoms with Crippen molar-refractivity contribution >= 4 is 11.0 Å². The number of fused-ring (bicyclic) bond motifs is 1. The van der Waals surface area contributed by atoms with Crippen LogP contribution in [0.1, 0.15) is 13.3 Å². The van der Waals surface area contributed by atoms with Gasteiger partial charge in [-0.05, 0) is 25.1 Å². The van der Waals surface area contributed by atoms with Crippen LogP contribution in [0.4, 0.5) is 0 Å². The second kappa shape index (κ2) is 7.17. The van der Waals surface area contributed by atoms with Gasteiger partial charge in [0.05, 0.1) is 23.8 Å². The summed E-state index contributed by atoms with van der Waals surface area (Å²) in [6, 6.07) is 7.80. The summed E-state index contributed by atoms with van der Waals surface area (Å²) < 4.78 is 6.99. The summed E-state index contributed by atoms with van der Waals surface area (Å²) in [6.45, 7) is 4.18. The maximum absolute atomic E-state index is 12.1. The van der Waals surface area contributed by atoms with E-state index in [1.807, 2.05) is 24.3 Å². The zero-order valence-electron chi connectivity index (χ0n) is 12.0. The number of methoxy groups -OCH3 is 1. The Labute approximate surface area is 118 Å². The van der Waals surface area contributed by atoms with Crippen molar-refractivity contribution in [3.63, 3.8) is 0 Å². The molecule has 5 nitrogen and oxygen atoms in total. The highest BCUT2D eigenvalue weighted by Crippen LogP contribution is 2.08. The monoisotopic (exact) mass is 275 g/mol. The van der Waals surface area contributed by atoms with Crippen LogP contribution in [-0.2, 0) is 11.3 Å². The van der Waals surface area contributed by atoms with Crippen molar-refractivity contribution in [3.8, 4) is 0 Å². The molecule has 0 aliphatic rings. The molecule has 0 saturated carbocycles. The first-order valence-corrected chi connectivity index (χ1v) is 6.93. The Morgan fingerprint density at radius 1 is 1.40 bits per heavy atom. The first kappa shape index (κ1) is 14.7. The van der Waals surface area contributed by atoms with E-state index in [-0.39, 0.29) is 11.6 Å². The molecule has 1 unspecified atom stereocenters. The SMILES string of the molecule is CCCNC(COC)Cn1c(=O)cnc2ccccc21. The topological polar surface area (TPSA) is 56.1 Å². The Morgan fingerprint density at radius 2 is 2.20 bits per heavy atom. The summed E-state index contributed by atoms with van der Waals surface area (Å²) in [5.41, 5.74) is 1.61. The molecule has 2 aromatic rings. The standard InChI is InChI=1S/C15H21N3O2/c1-3-8-16-12(11-20-2)10-18-14-7-5-4-6-13(14)17-9-15(18)19/h4-7,9,12,16H,3,8,10-11H2,1-2H3. The van der Waals surface area contributed by atoms with E-state index in [0.717, 1.165) is 24.0 Å². The summed E-state index contributed by atoms with van der Waals surface area (Å²) in [5.74, 6) is 0. The quantitative estimate of drug-likeness (QED) is 0.830. The smallest absolute Gasteiger partial charge is 0.269 e. The Bertz CT molecular complexity index is 609. The molecule has 1 N–H and O–H groups in total. The summed E-state index contributed by atoms with van der Waals surface area (Å²) in [7, 11) is 1.67. The molecule has 0 aliphatic carbocycles. The predicted molar refractivity (Wildman–Crippen MR) is 80.0 cm³/mol. The number of rotatable bonds is 7. The molecule has 0 saturated heterocycles. The van der Waals surface area contributed by atoms with Gasteiger partial charge in [0.15, 0.2) is 0 Å². The summed E-state index contributed by atoms with van der Waals surface area (Å²) in [5, 5.41) is 3.41. The third-order valence-corrected chi connectivity index (χ3v) is 3.21. The molecular formula is C15H21N3O2. The molecule has 1 aromatic carbocycles. The maximum Gasteiger partial charge on any atom is 0.269 e. The molecule has 0 bridgehead atoms. The van der Waals surface area contributed by atoms with Crippen LogP contribution < -0.4 is 10.9 Å². The first-order chi connectivity index (χ1) is 9.76. The van der Waals surface area contributed by atoms with Crippen LogP contribution in [0.15, 0.2) is 35.3 Å². The molecule has 1 atom stereocenters. The van der Waals surface area contributed by atoms with Crippen molar-refractivity contribution in [2.45, 2.75) is 25.9 Å². The van der Waals surface area contributed by atoms with E-state index in [0.29, 0.717) is 13.2 Å². The summed E-state index contributed by atoms with van der Waals surface area (Å²) >= 11 is 0. The summed E-state index contributed by atoms with van der Waals surface area (Å²) in [6.07, 6.45) is 2.43. The van der Waals surface area contributed by atoms with E-state index in [2.05, 4.69) is 17.2 Å². The lowest BCUT2D eigenvalue weighted by Gasteiger charge is -2.19. The van der Waals surface area contributed by atoms with Crippen molar-refractivity contribution in [2.75, 3.05) is 20.3 Å². The van der Waals surface area contributed by atoms with Gasteiger partial charge in [0.2, 0.25) is 0 Å². The highest BCUT2D eigenvalue weighted by atomic mass is 16.5. The first-order valence-electron chi connectivity index (χ1n) is 6.93.